The molecular weight excluding hydrogens is 264 g/mol. The molecule has 0 bridgehead atoms. The molecule has 0 spiro atoms. The van der Waals surface area contributed by atoms with Gasteiger partial charge in [-0.1, -0.05) is 27.2 Å². The van der Waals surface area contributed by atoms with Crippen molar-refractivity contribution in [1.82, 2.24) is 4.90 Å². The van der Waals surface area contributed by atoms with Crippen molar-refractivity contribution in [2.45, 2.75) is 66.3 Å². The number of ketones is 1. The number of rotatable bonds is 8. The minimum atomic E-state index is -0.281. The van der Waals surface area contributed by atoms with Gasteiger partial charge in [0, 0.05) is 17.5 Å². The highest BCUT2D eigenvalue weighted by Crippen LogP contribution is 2.20. The molecule has 0 unspecified atom stereocenters. The number of aliphatic imine (C=N–C) groups is 1. The lowest BCUT2D eigenvalue weighted by Crippen LogP contribution is -2.47. The van der Waals surface area contributed by atoms with Gasteiger partial charge in [-0.2, -0.15) is 0 Å². The Morgan fingerprint density at radius 3 is 2.00 bits per heavy atom. The van der Waals surface area contributed by atoms with Crippen molar-refractivity contribution in [1.29, 1.82) is 0 Å². The minimum absolute atomic E-state index is 0.000744. The molecule has 0 radical (unpaired) electrons. The number of carbonyl (C=O) groups is 1. The van der Waals surface area contributed by atoms with Gasteiger partial charge in [0.2, 0.25) is 0 Å². The molecule has 4 N–H and O–H groups in total. The van der Waals surface area contributed by atoms with E-state index in [4.69, 9.17) is 11.5 Å². The van der Waals surface area contributed by atoms with Crippen LogP contribution in [0.5, 0.6) is 0 Å². The Morgan fingerprint density at radius 1 is 1.00 bits per heavy atom. The average molecular weight is 298 g/mol. The fourth-order valence-electron chi connectivity index (χ4n) is 1.86. The molecule has 5 nitrogen and oxygen atoms in total. The topological polar surface area (TPSA) is 84.7 Å². The number of nitrogens with zero attached hydrogens (tertiary/aromatic N) is 2. The van der Waals surface area contributed by atoms with Crippen molar-refractivity contribution in [2.24, 2.45) is 21.9 Å². The first kappa shape index (κ1) is 19.9. The molecule has 0 saturated carbocycles. The third kappa shape index (κ3) is 9.45. The molecule has 0 aromatic rings. The van der Waals surface area contributed by atoms with Crippen LogP contribution in [0.25, 0.3) is 0 Å². The summed E-state index contributed by atoms with van der Waals surface area (Å²) in [5.74, 6) is 0.444. The zero-order valence-corrected chi connectivity index (χ0v) is 14.7. The van der Waals surface area contributed by atoms with Crippen molar-refractivity contribution >= 4 is 11.7 Å². The molecule has 0 aliphatic rings. The summed E-state index contributed by atoms with van der Waals surface area (Å²) in [6, 6.07) is 0. The van der Waals surface area contributed by atoms with Gasteiger partial charge in [-0.3, -0.25) is 14.7 Å². The molecule has 0 heterocycles. The minimum Gasteiger partial charge on any atom is -0.370 e. The summed E-state index contributed by atoms with van der Waals surface area (Å²) in [5, 5.41) is 0. The van der Waals surface area contributed by atoms with Gasteiger partial charge in [-0.25, -0.2) is 0 Å². The predicted molar refractivity (Wildman–Crippen MR) is 90.3 cm³/mol. The lowest BCUT2D eigenvalue weighted by molar-refractivity contribution is -0.128. The van der Waals surface area contributed by atoms with E-state index in [1.165, 1.54) is 0 Å². The summed E-state index contributed by atoms with van der Waals surface area (Å²) < 4.78 is 0. The highest BCUT2D eigenvalue weighted by atomic mass is 16.1. The van der Waals surface area contributed by atoms with Crippen molar-refractivity contribution in [2.75, 3.05) is 19.6 Å². The van der Waals surface area contributed by atoms with Crippen molar-refractivity contribution < 1.29 is 4.79 Å². The molecule has 0 fully saturated rings. The van der Waals surface area contributed by atoms with Crippen LogP contribution >= 0.6 is 0 Å². The van der Waals surface area contributed by atoms with Crippen LogP contribution in [0.4, 0.5) is 0 Å². The van der Waals surface area contributed by atoms with Crippen LogP contribution < -0.4 is 11.5 Å². The molecule has 0 aliphatic carbocycles. The first-order valence-electron chi connectivity index (χ1n) is 7.78. The number of unbranched alkanes of at least 4 members (excludes halogenated alkanes) is 2. The number of Topliss-reactive ketones (excluding diaryl/α,β-unsaturated/α-hetero) is 1. The summed E-state index contributed by atoms with van der Waals surface area (Å²) in [5.41, 5.74) is 10.3. The van der Waals surface area contributed by atoms with E-state index in [0.29, 0.717) is 13.1 Å². The van der Waals surface area contributed by atoms with Gasteiger partial charge in [0.15, 0.2) is 11.7 Å². The SMILES string of the molecule is CC(C)(C)C(=O)CN(CCCCCN=C(N)N)C(C)(C)C. The van der Waals surface area contributed by atoms with Crippen LogP contribution in [0.1, 0.15) is 60.8 Å². The van der Waals surface area contributed by atoms with E-state index < -0.39 is 0 Å². The number of hydrogen-bond donors (Lipinski definition) is 2. The Balaban J connectivity index is 4.28. The molecule has 0 aliphatic heterocycles. The van der Waals surface area contributed by atoms with Gasteiger partial charge < -0.3 is 11.5 Å². The molecule has 0 amide bonds. The highest BCUT2D eigenvalue weighted by Gasteiger charge is 2.28. The van der Waals surface area contributed by atoms with E-state index in [0.717, 1.165) is 25.8 Å². The predicted octanol–water partition coefficient (Wildman–Crippen LogP) is 2.15. The molecule has 0 saturated heterocycles. The van der Waals surface area contributed by atoms with Crippen LogP contribution in [0, 0.1) is 5.41 Å². The van der Waals surface area contributed by atoms with Crippen LogP contribution in [-0.2, 0) is 4.79 Å². The molecular formula is C16H34N4O. The third-order valence-corrected chi connectivity index (χ3v) is 3.50. The second kappa shape index (κ2) is 8.37. The van der Waals surface area contributed by atoms with E-state index in [1.54, 1.807) is 0 Å². The van der Waals surface area contributed by atoms with E-state index in [2.05, 4.69) is 30.7 Å². The van der Waals surface area contributed by atoms with Crippen molar-refractivity contribution in [3.05, 3.63) is 0 Å². The van der Waals surface area contributed by atoms with Crippen molar-refractivity contribution in [3.8, 4) is 0 Å². The molecule has 124 valence electrons. The van der Waals surface area contributed by atoms with Crippen LogP contribution in [-0.4, -0.2) is 41.8 Å². The first-order valence-corrected chi connectivity index (χ1v) is 7.78. The van der Waals surface area contributed by atoms with E-state index in [-0.39, 0.29) is 22.7 Å². The zero-order valence-electron chi connectivity index (χ0n) is 14.7. The average Bonchev–Trinajstić information content (AvgIpc) is 2.28. The quantitative estimate of drug-likeness (QED) is 0.408. The summed E-state index contributed by atoms with van der Waals surface area (Å²) >= 11 is 0. The summed E-state index contributed by atoms with van der Waals surface area (Å²) in [6.07, 6.45) is 3.09. The van der Waals surface area contributed by atoms with Gasteiger partial charge >= 0.3 is 0 Å². The second-order valence-electron chi connectivity index (χ2n) is 7.63. The Labute approximate surface area is 130 Å². The number of hydrogen-bond acceptors (Lipinski definition) is 3. The maximum Gasteiger partial charge on any atom is 0.185 e. The van der Waals surface area contributed by atoms with Crippen LogP contribution in [0.2, 0.25) is 0 Å². The fourth-order valence-corrected chi connectivity index (χ4v) is 1.86. The maximum atomic E-state index is 12.2. The normalized spacial score (nSPS) is 12.5. The third-order valence-electron chi connectivity index (χ3n) is 3.50. The Morgan fingerprint density at radius 2 is 1.57 bits per heavy atom. The van der Waals surface area contributed by atoms with Gasteiger partial charge in [0.25, 0.3) is 0 Å². The first-order chi connectivity index (χ1) is 9.44. The lowest BCUT2D eigenvalue weighted by atomic mass is 9.89. The van der Waals surface area contributed by atoms with Gasteiger partial charge in [0.05, 0.1) is 6.54 Å². The fraction of sp³-hybridized carbons (Fsp3) is 0.875. The van der Waals surface area contributed by atoms with Gasteiger partial charge in [0.1, 0.15) is 0 Å². The lowest BCUT2D eigenvalue weighted by Gasteiger charge is -2.36. The largest absolute Gasteiger partial charge is 0.370 e. The number of guanidine groups is 1. The number of carbonyl (C=O) groups excluding carboxylic acids is 1. The summed E-state index contributed by atoms with van der Waals surface area (Å²) in [7, 11) is 0. The van der Waals surface area contributed by atoms with Gasteiger partial charge in [-0.05, 0) is 40.2 Å². The summed E-state index contributed by atoms with van der Waals surface area (Å²) in [6.45, 7) is 14.5. The second-order valence-corrected chi connectivity index (χ2v) is 7.63. The molecule has 5 heteroatoms. The smallest absolute Gasteiger partial charge is 0.185 e. The molecule has 0 atom stereocenters. The molecule has 0 rings (SSSR count). The van der Waals surface area contributed by atoms with E-state index in [9.17, 15) is 4.79 Å². The molecule has 0 aromatic carbocycles. The number of nitrogens with two attached hydrogens (primary N) is 2. The van der Waals surface area contributed by atoms with Crippen molar-refractivity contribution in [3.63, 3.8) is 0 Å². The van der Waals surface area contributed by atoms with E-state index in [1.807, 2.05) is 20.8 Å². The highest BCUT2D eigenvalue weighted by molar-refractivity contribution is 5.85. The van der Waals surface area contributed by atoms with E-state index >= 15 is 0 Å². The van der Waals surface area contributed by atoms with Crippen LogP contribution in [0.15, 0.2) is 4.99 Å². The van der Waals surface area contributed by atoms with Crippen LogP contribution in [0.3, 0.4) is 0 Å². The van der Waals surface area contributed by atoms with Gasteiger partial charge in [-0.15, -0.1) is 0 Å². The monoisotopic (exact) mass is 298 g/mol. The maximum absolute atomic E-state index is 12.2. The molecule has 0 aromatic heterocycles. The Hall–Kier alpha value is -1.10. The molecule has 21 heavy (non-hydrogen) atoms. The standard InChI is InChI=1S/C16H34N4O/c1-15(2,3)13(21)12-20(16(4,5)6)11-9-7-8-10-19-14(17)18/h7-12H2,1-6H3,(H4,17,18,19). The Kier molecular flexibility index (Phi) is 7.93. The zero-order chi connectivity index (χ0) is 16.7. The summed E-state index contributed by atoms with van der Waals surface area (Å²) in [4.78, 5) is 18.5. The Bertz CT molecular complexity index is 346.